The predicted molar refractivity (Wildman–Crippen MR) is 67.1 cm³/mol. The van der Waals surface area contributed by atoms with Gasteiger partial charge in [-0.25, -0.2) is 10.8 Å². The van der Waals surface area contributed by atoms with E-state index in [1.165, 1.54) is 5.56 Å². The van der Waals surface area contributed by atoms with Crippen molar-refractivity contribution in [2.75, 3.05) is 18.5 Å². The molecule has 0 amide bonds. The number of nitrogens with one attached hydrogen (secondary N) is 1. The summed E-state index contributed by atoms with van der Waals surface area (Å²) in [4.78, 5) is 6.44. The third-order valence-corrected chi connectivity index (χ3v) is 3.37. The molecule has 0 saturated carbocycles. The van der Waals surface area contributed by atoms with Gasteiger partial charge in [0.05, 0.1) is 6.10 Å². The molecule has 0 spiro atoms. The molecule has 2 rings (SSSR count). The molecule has 2 unspecified atom stereocenters. The lowest BCUT2D eigenvalue weighted by Crippen LogP contribution is -2.24. The maximum Gasteiger partial charge on any atom is 0.140 e. The fourth-order valence-corrected chi connectivity index (χ4v) is 2.31. The van der Waals surface area contributed by atoms with Crippen molar-refractivity contribution in [3.05, 3.63) is 23.9 Å². The summed E-state index contributed by atoms with van der Waals surface area (Å²) in [6, 6.07) is 3.95. The van der Waals surface area contributed by atoms with Gasteiger partial charge < -0.3 is 10.5 Å². The molecule has 94 valence electrons. The van der Waals surface area contributed by atoms with Crippen LogP contribution in [-0.2, 0) is 6.54 Å². The minimum absolute atomic E-state index is 0.210. The number of hydrogen-bond acceptors (Lipinski definition) is 5. The van der Waals surface area contributed by atoms with E-state index in [1.54, 1.807) is 6.20 Å². The first-order valence-corrected chi connectivity index (χ1v) is 6.01. The van der Waals surface area contributed by atoms with Gasteiger partial charge in [-0.2, -0.15) is 0 Å². The lowest BCUT2D eigenvalue weighted by Gasteiger charge is -2.17. The van der Waals surface area contributed by atoms with Crippen molar-refractivity contribution in [2.24, 2.45) is 11.8 Å². The van der Waals surface area contributed by atoms with Crippen LogP contribution in [0.3, 0.4) is 0 Å². The quantitative estimate of drug-likeness (QED) is 0.526. The summed E-state index contributed by atoms with van der Waals surface area (Å²) in [6.07, 6.45) is 2.62. The number of hydrazine groups is 1. The van der Waals surface area contributed by atoms with E-state index < -0.39 is 0 Å². The summed E-state index contributed by atoms with van der Waals surface area (Å²) in [5, 5.41) is 9.55. The van der Waals surface area contributed by atoms with E-state index >= 15 is 0 Å². The van der Waals surface area contributed by atoms with E-state index in [9.17, 15) is 5.11 Å². The molecule has 0 radical (unpaired) electrons. The number of rotatable bonds is 4. The highest BCUT2D eigenvalue weighted by molar-refractivity contribution is 5.35. The summed E-state index contributed by atoms with van der Waals surface area (Å²) in [5.41, 5.74) is 3.74. The molecule has 1 saturated heterocycles. The number of nitrogens with zero attached hydrogens (tertiary/aromatic N) is 2. The van der Waals surface area contributed by atoms with Gasteiger partial charge in [0.2, 0.25) is 0 Å². The van der Waals surface area contributed by atoms with Crippen molar-refractivity contribution < 1.29 is 5.11 Å². The van der Waals surface area contributed by atoms with Crippen molar-refractivity contribution >= 4 is 5.82 Å². The largest absolute Gasteiger partial charge is 0.393 e. The minimum atomic E-state index is -0.210. The Morgan fingerprint density at radius 2 is 2.53 bits per heavy atom. The molecule has 5 nitrogen and oxygen atoms in total. The SMILES string of the molecule is CC(O)C1CCN(Cc2ccnc(NN)c2)C1. The zero-order valence-corrected chi connectivity index (χ0v) is 10.1. The van der Waals surface area contributed by atoms with Crippen molar-refractivity contribution in [3.8, 4) is 0 Å². The van der Waals surface area contributed by atoms with Gasteiger partial charge in [0.15, 0.2) is 0 Å². The van der Waals surface area contributed by atoms with Crippen LogP contribution in [-0.4, -0.2) is 34.2 Å². The highest BCUT2D eigenvalue weighted by atomic mass is 16.3. The Morgan fingerprint density at radius 3 is 3.18 bits per heavy atom. The summed E-state index contributed by atoms with van der Waals surface area (Å²) in [7, 11) is 0. The van der Waals surface area contributed by atoms with E-state index in [2.05, 4.69) is 15.3 Å². The topological polar surface area (TPSA) is 74.4 Å². The van der Waals surface area contributed by atoms with Crippen LogP contribution in [0.15, 0.2) is 18.3 Å². The zero-order chi connectivity index (χ0) is 12.3. The summed E-state index contributed by atoms with van der Waals surface area (Å²) in [6.45, 7) is 4.77. The number of nitrogen functional groups attached to an aromatic ring is 1. The van der Waals surface area contributed by atoms with Crippen molar-refractivity contribution in [1.29, 1.82) is 0 Å². The molecule has 4 N–H and O–H groups in total. The molecule has 1 fully saturated rings. The average Bonchev–Trinajstić information content (AvgIpc) is 2.78. The molecule has 1 aliphatic rings. The number of anilines is 1. The predicted octanol–water partition coefficient (Wildman–Crippen LogP) is 0.570. The molecule has 1 aromatic heterocycles. The van der Waals surface area contributed by atoms with Crippen LogP contribution in [0.5, 0.6) is 0 Å². The second-order valence-corrected chi connectivity index (χ2v) is 4.72. The molecule has 0 aliphatic carbocycles. The van der Waals surface area contributed by atoms with Crippen LogP contribution in [0.25, 0.3) is 0 Å². The Bertz CT molecular complexity index is 369. The van der Waals surface area contributed by atoms with Gasteiger partial charge in [-0.1, -0.05) is 0 Å². The number of nitrogens with two attached hydrogens (primary N) is 1. The van der Waals surface area contributed by atoms with Crippen LogP contribution in [0.4, 0.5) is 5.82 Å². The van der Waals surface area contributed by atoms with Gasteiger partial charge in [-0.3, -0.25) is 4.90 Å². The number of aromatic nitrogens is 1. The lowest BCUT2D eigenvalue weighted by molar-refractivity contribution is 0.127. The smallest absolute Gasteiger partial charge is 0.140 e. The second-order valence-electron chi connectivity index (χ2n) is 4.72. The Labute approximate surface area is 102 Å². The van der Waals surface area contributed by atoms with Gasteiger partial charge in [0, 0.05) is 19.3 Å². The highest BCUT2D eigenvalue weighted by Gasteiger charge is 2.25. The average molecular weight is 236 g/mol. The summed E-state index contributed by atoms with van der Waals surface area (Å²) < 4.78 is 0. The number of hydrogen-bond donors (Lipinski definition) is 3. The van der Waals surface area contributed by atoms with Crippen LogP contribution >= 0.6 is 0 Å². The molecule has 0 aromatic carbocycles. The van der Waals surface area contributed by atoms with E-state index in [0.717, 1.165) is 26.1 Å². The third-order valence-electron chi connectivity index (χ3n) is 3.37. The third kappa shape index (κ3) is 3.15. The van der Waals surface area contributed by atoms with Crippen molar-refractivity contribution in [3.63, 3.8) is 0 Å². The van der Waals surface area contributed by atoms with E-state index in [-0.39, 0.29) is 6.10 Å². The van der Waals surface area contributed by atoms with Gasteiger partial charge in [-0.05, 0) is 43.5 Å². The first kappa shape index (κ1) is 12.3. The summed E-state index contributed by atoms with van der Waals surface area (Å²) >= 11 is 0. The number of aliphatic hydroxyl groups excluding tert-OH is 1. The lowest BCUT2D eigenvalue weighted by atomic mass is 10.0. The molecule has 2 heterocycles. The van der Waals surface area contributed by atoms with E-state index in [0.29, 0.717) is 11.7 Å². The van der Waals surface area contributed by atoms with Gasteiger partial charge >= 0.3 is 0 Å². The van der Waals surface area contributed by atoms with Crippen LogP contribution < -0.4 is 11.3 Å². The standard InChI is InChI=1S/C12H20N4O/c1-9(17)11-3-5-16(8-11)7-10-2-4-14-12(6-10)15-13/h2,4,6,9,11,17H,3,5,7-8,13H2,1H3,(H,14,15). The normalized spacial score (nSPS) is 22.6. The second kappa shape index (κ2) is 5.44. The van der Waals surface area contributed by atoms with Crippen LogP contribution in [0.1, 0.15) is 18.9 Å². The fraction of sp³-hybridized carbons (Fsp3) is 0.583. The molecular weight excluding hydrogens is 216 g/mol. The molecule has 5 heteroatoms. The maximum atomic E-state index is 9.55. The number of aliphatic hydroxyl groups is 1. The fourth-order valence-electron chi connectivity index (χ4n) is 2.31. The molecule has 1 aliphatic heterocycles. The van der Waals surface area contributed by atoms with Crippen molar-refractivity contribution in [1.82, 2.24) is 9.88 Å². The Hall–Kier alpha value is -1.17. The molecule has 17 heavy (non-hydrogen) atoms. The Kier molecular flexibility index (Phi) is 3.93. The number of pyridine rings is 1. The van der Waals surface area contributed by atoms with Gasteiger partial charge in [-0.15, -0.1) is 0 Å². The molecular formula is C12H20N4O. The minimum Gasteiger partial charge on any atom is -0.393 e. The monoisotopic (exact) mass is 236 g/mol. The van der Waals surface area contributed by atoms with Crippen LogP contribution in [0.2, 0.25) is 0 Å². The van der Waals surface area contributed by atoms with Crippen LogP contribution in [0, 0.1) is 5.92 Å². The van der Waals surface area contributed by atoms with Crippen molar-refractivity contribution in [2.45, 2.75) is 26.0 Å². The highest BCUT2D eigenvalue weighted by Crippen LogP contribution is 2.21. The Morgan fingerprint density at radius 1 is 1.71 bits per heavy atom. The Balaban J connectivity index is 1.93. The van der Waals surface area contributed by atoms with Gasteiger partial charge in [0.1, 0.15) is 5.82 Å². The van der Waals surface area contributed by atoms with E-state index in [4.69, 9.17) is 5.84 Å². The van der Waals surface area contributed by atoms with E-state index in [1.807, 2.05) is 19.1 Å². The maximum absolute atomic E-state index is 9.55. The molecule has 2 atom stereocenters. The van der Waals surface area contributed by atoms with Gasteiger partial charge in [0.25, 0.3) is 0 Å². The summed E-state index contributed by atoms with van der Waals surface area (Å²) in [5.74, 6) is 6.42. The number of likely N-dealkylation sites (tertiary alicyclic amines) is 1. The molecule has 0 bridgehead atoms. The zero-order valence-electron chi connectivity index (χ0n) is 10.1. The first-order chi connectivity index (χ1) is 8.19. The first-order valence-electron chi connectivity index (χ1n) is 6.01. The molecule has 1 aromatic rings.